The molecule has 0 aliphatic carbocycles. The summed E-state index contributed by atoms with van der Waals surface area (Å²) in [6.07, 6.45) is 1.93. The minimum atomic E-state index is -0.995. The van der Waals surface area contributed by atoms with Gasteiger partial charge in [-0.15, -0.1) is 6.58 Å². The lowest BCUT2D eigenvalue weighted by Crippen LogP contribution is -2.18. The molecule has 0 spiro atoms. The predicted octanol–water partition coefficient (Wildman–Crippen LogP) is 2.31. The van der Waals surface area contributed by atoms with E-state index in [1.165, 1.54) is 6.07 Å². The number of benzene rings is 1. The second-order valence-corrected chi connectivity index (χ2v) is 3.29. The number of carbonyl (C=O) groups is 1. The molecule has 0 atom stereocenters. The van der Waals surface area contributed by atoms with Crippen molar-refractivity contribution >= 4 is 5.78 Å². The molecule has 0 amide bonds. The van der Waals surface area contributed by atoms with Crippen molar-refractivity contribution in [1.29, 1.82) is 0 Å². The number of Topliss-reactive ketones (excluding diaryl/α,β-unsaturated/α-hetero) is 1. The van der Waals surface area contributed by atoms with E-state index >= 15 is 0 Å². The fraction of sp³-hybridized carbons (Fsp3) is 0.250. The van der Waals surface area contributed by atoms with Gasteiger partial charge in [0.15, 0.2) is 17.4 Å². The van der Waals surface area contributed by atoms with Crippen molar-refractivity contribution in [1.82, 2.24) is 5.32 Å². The average molecular weight is 225 g/mol. The summed E-state index contributed by atoms with van der Waals surface area (Å²) >= 11 is 0. The van der Waals surface area contributed by atoms with Gasteiger partial charge in [0, 0.05) is 25.1 Å². The van der Waals surface area contributed by atoms with Crippen molar-refractivity contribution in [2.45, 2.75) is 6.42 Å². The predicted molar refractivity (Wildman–Crippen MR) is 58.4 cm³/mol. The van der Waals surface area contributed by atoms with Crippen LogP contribution < -0.4 is 5.32 Å². The van der Waals surface area contributed by atoms with Crippen molar-refractivity contribution in [3.05, 3.63) is 48.1 Å². The van der Waals surface area contributed by atoms with Gasteiger partial charge in [-0.3, -0.25) is 4.79 Å². The molecule has 1 aromatic carbocycles. The maximum atomic E-state index is 12.8. The summed E-state index contributed by atoms with van der Waals surface area (Å²) < 4.78 is 25.4. The Morgan fingerprint density at radius 1 is 1.38 bits per heavy atom. The first-order chi connectivity index (χ1) is 7.65. The summed E-state index contributed by atoms with van der Waals surface area (Å²) in [5.41, 5.74) is 0.194. The van der Waals surface area contributed by atoms with Crippen molar-refractivity contribution < 1.29 is 13.6 Å². The van der Waals surface area contributed by atoms with Gasteiger partial charge in [-0.1, -0.05) is 6.08 Å². The molecule has 0 unspecified atom stereocenters. The minimum absolute atomic E-state index is 0.194. The Hall–Kier alpha value is -1.55. The van der Waals surface area contributed by atoms with E-state index in [9.17, 15) is 13.6 Å². The summed E-state index contributed by atoms with van der Waals surface area (Å²) in [5, 5.41) is 2.96. The lowest BCUT2D eigenvalue weighted by molar-refractivity contribution is 0.0982. The zero-order valence-electron chi connectivity index (χ0n) is 8.80. The van der Waals surface area contributed by atoms with Gasteiger partial charge in [0.05, 0.1) is 0 Å². The van der Waals surface area contributed by atoms with E-state index in [0.717, 1.165) is 12.1 Å². The SMILES string of the molecule is C=CCNCCC(=O)c1ccc(F)c(F)c1. The number of ketones is 1. The first kappa shape index (κ1) is 12.5. The summed E-state index contributed by atoms with van der Waals surface area (Å²) in [6, 6.07) is 3.17. The molecular weight excluding hydrogens is 212 g/mol. The summed E-state index contributed by atoms with van der Waals surface area (Å²) in [5.74, 6) is -2.15. The van der Waals surface area contributed by atoms with Gasteiger partial charge in [-0.2, -0.15) is 0 Å². The van der Waals surface area contributed by atoms with Gasteiger partial charge in [-0.25, -0.2) is 8.78 Å². The Morgan fingerprint density at radius 3 is 2.75 bits per heavy atom. The number of halogens is 2. The Morgan fingerprint density at radius 2 is 2.12 bits per heavy atom. The van der Waals surface area contributed by atoms with Crippen LogP contribution in [-0.2, 0) is 0 Å². The first-order valence-electron chi connectivity index (χ1n) is 4.95. The fourth-order valence-corrected chi connectivity index (χ4v) is 1.22. The third kappa shape index (κ3) is 3.55. The number of rotatable bonds is 6. The standard InChI is InChI=1S/C12H13F2NO/c1-2-6-15-7-5-12(16)9-3-4-10(13)11(14)8-9/h2-4,8,15H,1,5-7H2. The molecule has 0 bridgehead atoms. The highest BCUT2D eigenvalue weighted by molar-refractivity contribution is 5.96. The van der Waals surface area contributed by atoms with Crippen LogP contribution in [0.3, 0.4) is 0 Å². The van der Waals surface area contributed by atoms with Gasteiger partial charge in [0.25, 0.3) is 0 Å². The zero-order chi connectivity index (χ0) is 12.0. The fourth-order valence-electron chi connectivity index (χ4n) is 1.22. The van der Waals surface area contributed by atoms with Crippen LogP contribution in [0.1, 0.15) is 16.8 Å². The molecule has 1 N–H and O–H groups in total. The maximum absolute atomic E-state index is 12.8. The zero-order valence-corrected chi connectivity index (χ0v) is 8.80. The number of carbonyl (C=O) groups excluding carboxylic acids is 1. The second kappa shape index (κ2) is 6.12. The molecule has 0 aliphatic rings. The van der Waals surface area contributed by atoms with E-state index in [4.69, 9.17) is 0 Å². The topological polar surface area (TPSA) is 29.1 Å². The molecule has 0 saturated carbocycles. The van der Waals surface area contributed by atoms with Crippen molar-refractivity contribution in [3.8, 4) is 0 Å². The molecule has 0 aromatic heterocycles. The summed E-state index contributed by atoms with van der Waals surface area (Å²) in [7, 11) is 0. The van der Waals surface area contributed by atoms with E-state index in [-0.39, 0.29) is 17.8 Å². The van der Waals surface area contributed by atoms with Gasteiger partial charge >= 0.3 is 0 Å². The van der Waals surface area contributed by atoms with Crippen LogP contribution in [0, 0.1) is 11.6 Å². The maximum Gasteiger partial charge on any atom is 0.164 e. The number of nitrogens with one attached hydrogen (secondary N) is 1. The summed E-state index contributed by atoms with van der Waals surface area (Å²) in [4.78, 5) is 11.5. The molecule has 16 heavy (non-hydrogen) atoms. The Balaban J connectivity index is 2.52. The van der Waals surface area contributed by atoms with Crippen molar-refractivity contribution in [2.75, 3.05) is 13.1 Å². The average Bonchev–Trinajstić information content (AvgIpc) is 2.28. The van der Waals surface area contributed by atoms with Crippen LogP contribution in [0.25, 0.3) is 0 Å². The lowest BCUT2D eigenvalue weighted by Gasteiger charge is -2.02. The molecule has 2 nitrogen and oxygen atoms in total. The molecule has 0 fully saturated rings. The van der Waals surface area contributed by atoms with Gasteiger partial charge in [-0.05, 0) is 18.2 Å². The van der Waals surface area contributed by atoms with Crippen LogP contribution in [0.5, 0.6) is 0 Å². The van der Waals surface area contributed by atoms with E-state index in [2.05, 4.69) is 11.9 Å². The van der Waals surface area contributed by atoms with Crippen LogP contribution in [0.2, 0.25) is 0 Å². The normalized spacial score (nSPS) is 10.1. The van der Waals surface area contributed by atoms with Crippen LogP contribution in [0.15, 0.2) is 30.9 Å². The van der Waals surface area contributed by atoms with Crippen LogP contribution >= 0.6 is 0 Å². The molecule has 1 rings (SSSR count). The number of hydrogen-bond donors (Lipinski definition) is 1. The van der Waals surface area contributed by atoms with Crippen molar-refractivity contribution in [3.63, 3.8) is 0 Å². The molecular formula is C12H13F2NO. The Kier molecular flexibility index (Phi) is 4.79. The van der Waals surface area contributed by atoms with Gasteiger partial charge in [0.2, 0.25) is 0 Å². The molecule has 0 heterocycles. The molecule has 1 aromatic rings. The Labute approximate surface area is 93.0 Å². The third-order valence-corrected chi connectivity index (χ3v) is 2.06. The summed E-state index contributed by atoms with van der Waals surface area (Å²) in [6.45, 7) is 4.62. The second-order valence-electron chi connectivity index (χ2n) is 3.29. The molecule has 0 saturated heterocycles. The largest absolute Gasteiger partial charge is 0.313 e. The quantitative estimate of drug-likeness (QED) is 0.457. The van der Waals surface area contributed by atoms with Crippen LogP contribution in [0.4, 0.5) is 8.78 Å². The first-order valence-corrected chi connectivity index (χ1v) is 4.95. The molecule has 0 aliphatic heterocycles. The van der Waals surface area contributed by atoms with E-state index in [0.29, 0.717) is 13.1 Å². The highest BCUT2D eigenvalue weighted by Crippen LogP contribution is 2.10. The molecule has 86 valence electrons. The third-order valence-electron chi connectivity index (χ3n) is 2.06. The highest BCUT2D eigenvalue weighted by atomic mass is 19.2. The Bertz CT molecular complexity index is 391. The van der Waals surface area contributed by atoms with Crippen LogP contribution in [-0.4, -0.2) is 18.9 Å². The smallest absolute Gasteiger partial charge is 0.164 e. The molecule has 4 heteroatoms. The highest BCUT2D eigenvalue weighted by Gasteiger charge is 2.08. The lowest BCUT2D eigenvalue weighted by atomic mass is 10.1. The van der Waals surface area contributed by atoms with Crippen molar-refractivity contribution in [2.24, 2.45) is 0 Å². The van der Waals surface area contributed by atoms with E-state index in [1.807, 2.05) is 0 Å². The van der Waals surface area contributed by atoms with Gasteiger partial charge in [0.1, 0.15) is 0 Å². The van der Waals surface area contributed by atoms with Gasteiger partial charge < -0.3 is 5.32 Å². The number of hydrogen-bond acceptors (Lipinski definition) is 2. The molecule has 0 radical (unpaired) electrons. The minimum Gasteiger partial charge on any atom is -0.313 e. The van der Waals surface area contributed by atoms with E-state index in [1.54, 1.807) is 6.08 Å². The monoisotopic (exact) mass is 225 g/mol. The van der Waals surface area contributed by atoms with E-state index < -0.39 is 11.6 Å².